The van der Waals surface area contributed by atoms with Crippen LogP contribution in [0.25, 0.3) is 22.5 Å². The van der Waals surface area contributed by atoms with E-state index >= 15 is 0 Å². The maximum absolute atomic E-state index is 14.9. The Labute approximate surface area is 258 Å². The molecule has 0 aliphatic rings. The minimum Gasteiger partial charge on any atom is -0.493 e. The van der Waals surface area contributed by atoms with Gasteiger partial charge in [-0.15, -0.1) is 0 Å². The second-order valence-electron chi connectivity index (χ2n) is 9.72. The summed E-state index contributed by atoms with van der Waals surface area (Å²) in [5.41, 5.74) is 1.36. The monoisotopic (exact) mass is 704 g/mol. The van der Waals surface area contributed by atoms with Gasteiger partial charge in [0.2, 0.25) is 5.88 Å². The SMILES string of the molecule is C[C@@H](c1ccccc1)[C@@H](c1nc(-c2ccc(I)cc2F)c(Cl)[nH]1)n1c(O)c(-c2ccc(OC[C@@H](O)CO)cc2)[nH]c1=O. The molecule has 3 aromatic carbocycles. The molecule has 5 N–H and O–H groups in total. The molecule has 0 unspecified atom stereocenters. The Morgan fingerprint density at radius 3 is 2.48 bits per heavy atom. The normalized spacial score (nSPS) is 13.6. The highest BCUT2D eigenvalue weighted by atomic mass is 127. The van der Waals surface area contributed by atoms with Gasteiger partial charge in [0.15, 0.2) is 0 Å². The third kappa shape index (κ3) is 6.09. The lowest BCUT2D eigenvalue weighted by Crippen LogP contribution is -2.27. The summed E-state index contributed by atoms with van der Waals surface area (Å²) in [4.78, 5) is 23.9. The fourth-order valence-corrected chi connectivity index (χ4v) is 5.45. The Morgan fingerprint density at radius 1 is 1.10 bits per heavy atom. The van der Waals surface area contributed by atoms with E-state index in [-0.39, 0.29) is 46.3 Å². The van der Waals surface area contributed by atoms with Crippen molar-refractivity contribution in [1.29, 1.82) is 0 Å². The lowest BCUT2D eigenvalue weighted by atomic mass is 9.92. The van der Waals surface area contributed by atoms with Crippen LogP contribution in [0.3, 0.4) is 0 Å². The largest absolute Gasteiger partial charge is 0.493 e. The Kier molecular flexibility index (Phi) is 9.02. The molecule has 5 rings (SSSR count). The first-order valence-electron chi connectivity index (χ1n) is 13.0. The van der Waals surface area contributed by atoms with E-state index in [1.807, 2.05) is 59.8 Å². The minimum absolute atomic E-state index is 0.0901. The highest BCUT2D eigenvalue weighted by molar-refractivity contribution is 14.1. The molecule has 0 fully saturated rings. The Hall–Kier alpha value is -3.65. The van der Waals surface area contributed by atoms with Gasteiger partial charge in [0.05, 0.1) is 6.61 Å². The predicted octanol–water partition coefficient (Wildman–Crippen LogP) is 5.46. The molecule has 218 valence electrons. The van der Waals surface area contributed by atoms with Crippen molar-refractivity contribution < 1.29 is 24.4 Å². The first-order chi connectivity index (χ1) is 20.2. The molecule has 0 spiro atoms. The van der Waals surface area contributed by atoms with Crippen molar-refractivity contribution in [3.8, 4) is 34.1 Å². The summed E-state index contributed by atoms with van der Waals surface area (Å²) in [6, 6.07) is 19.8. The molecule has 0 bridgehead atoms. The number of imidazole rings is 2. The molecule has 0 amide bonds. The van der Waals surface area contributed by atoms with Crippen LogP contribution in [0.1, 0.15) is 30.3 Å². The molecule has 0 radical (unpaired) electrons. The number of hydrogen-bond donors (Lipinski definition) is 5. The molecule has 0 aliphatic carbocycles. The van der Waals surface area contributed by atoms with Gasteiger partial charge in [-0.25, -0.2) is 14.2 Å². The topological polar surface area (TPSA) is 136 Å². The van der Waals surface area contributed by atoms with E-state index < -0.39 is 30.3 Å². The van der Waals surface area contributed by atoms with Crippen LogP contribution in [-0.4, -0.2) is 54.2 Å². The third-order valence-corrected chi connectivity index (χ3v) is 7.86. The highest BCUT2D eigenvalue weighted by Gasteiger charge is 2.32. The van der Waals surface area contributed by atoms with E-state index in [9.17, 15) is 19.4 Å². The summed E-state index contributed by atoms with van der Waals surface area (Å²) in [6.45, 7) is 1.38. The molecule has 2 heterocycles. The number of rotatable bonds is 10. The fourth-order valence-electron chi connectivity index (χ4n) is 4.75. The minimum atomic E-state index is -1.01. The number of halogens is 3. The predicted molar refractivity (Wildman–Crippen MR) is 165 cm³/mol. The van der Waals surface area contributed by atoms with Crippen LogP contribution in [0, 0.1) is 9.39 Å². The summed E-state index contributed by atoms with van der Waals surface area (Å²) < 4.78 is 22.2. The zero-order valence-corrected chi connectivity index (χ0v) is 25.2. The van der Waals surface area contributed by atoms with Gasteiger partial charge < -0.3 is 30.0 Å². The lowest BCUT2D eigenvalue weighted by Gasteiger charge is -2.24. The number of nitrogens with zero attached hydrogens (tertiary/aromatic N) is 2. The maximum atomic E-state index is 14.9. The second-order valence-corrected chi connectivity index (χ2v) is 11.3. The number of hydrogen-bond acceptors (Lipinski definition) is 6. The number of aliphatic hydroxyl groups is 2. The van der Waals surface area contributed by atoms with Crippen molar-refractivity contribution in [3.63, 3.8) is 0 Å². The van der Waals surface area contributed by atoms with Gasteiger partial charge in [-0.3, -0.25) is 4.57 Å². The van der Waals surface area contributed by atoms with Crippen LogP contribution in [-0.2, 0) is 0 Å². The number of aromatic nitrogens is 4. The summed E-state index contributed by atoms with van der Waals surface area (Å²) in [5, 5.41) is 30.0. The van der Waals surface area contributed by atoms with Gasteiger partial charge in [0, 0.05) is 20.6 Å². The zero-order chi connectivity index (χ0) is 30.0. The Balaban J connectivity index is 1.58. The van der Waals surface area contributed by atoms with Crippen LogP contribution in [0.4, 0.5) is 4.39 Å². The molecule has 0 saturated carbocycles. The Morgan fingerprint density at radius 2 is 1.81 bits per heavy atom. The van der Waals surface area contributed by atoms with Crippen LogP contribution in [0.15, 0.2) is 77.6 Å². The number of ether oxygens (including phenoxy) is 1. The second kappa shape index (κ2) is 12.7. The van der Waals surface area contributed by atoms with Gasteiger partial charge in [-0.1, -0.05) is 48.9 Å². The maximum Gasteiger partial charge on any atom is 0.329 e. The van der Waals surface area contributed by atoms with E-state index in [1.54, 1.807) is 36.4 Å². The molecule has 42 heavy (non-hydrogen) atoms. The van der Waals surface area contributed by atoms with Crippen LogP contribution in [0.5, 0.6) is 11.6 Å². The van der Waals surface area contributed by atoms with Crippen molar-refractivity contribution in [3.05, 3.63) is 109 Å². The number of aromatic hydroxyl groups is 1. The standard InChI is InChI=1S/C30H27ClFIN4O5/c1-16(17-5-3-2-4-6-17)26(28-34-25(27(31)36-28)22-12-9-19(33)13-23(22)32)37-29(40)24(35-30(37)41)18-7-10-21(11-8-18)42-15-20(39)14-38/h2-13,16,20,26,38-40H,14-15H2,1H3,(H,34,36)(H,35,41)/t16-,20-,26-/m0/s1. The molecule has 9 nitrogen and oxygen atoms in total. The Bertz CT molecular complexity index is 1740. The van der Waals surface area contributed by atoms with Gasteiger partial charge >= 0.3 is 5.69 Å². The number of benzene rings is 3. The van der Waals surface area contributed by atoms with Crippen LogP contribution in [0.2, 0.25) is 5.15 Å². The lowest BCUT2D eigenvalue weighted by molar-refractivity contribution is 0.0536. The summed E-state index contributed by atoms with van der Waals surface area (Å²) >= 11 is 8.55. The average Bonchev–Trinajstić information content (AvgIpc) is 3.51. The smallest absolute Gasteiger partial charge is 0.329 e. The first-order valence-corrected chi connectivity index (χ1v) is 14.4. The summed E-state index contributed by atoms with van der Waals surface area (Å²) in [5.74, 6) is -0.505. The molecule has 0 saturated heterocycles. The van der Waals surface area contributed by atoms with E-state index in [0.717, 1.165) is 9.13 Å². The zero-order valence-electron chi connectivity index (χ0n) is 22.3. The van der Waals surface area contributed by atoms with Crippen LogP contribution >= 0.6 is 34.2 Å². The van der Waals surface area contributed by atoms with Gasteiger partial charge in [-0.05, 0) is 70.6 Å². The van der Waals surface area contributed by atoms with E-state index in [2.05, 4.69) is 15.0 Å². The molecule has 3 atom stereocenters. The van der Waals surface area contributed by atoms with E-state index in [0.29, 0.717) is 11.3 Å². The first kappa shape index (κ1) is 29.8. The van der Waals surface area contributed by atoms with Crippen molar-refractivity contribution in [1.82, 2.24) is 19.5 Å². The molecular formula is C30H27ClFIN4O5. The summed E-state index contributed by atoms with van der Waals surface area (Å²) in [7, 11) is 0. The number of H-pyrrole nitrogens is 2. The molecular weight excluding hydrogens is 678 g/mol. The fraction of sp³-hybridized carbons (Fsp3) is 0.200. The quantitative estimate of drug-likeness (QED) is 0.123. The molecule has 2 aromatic heterocycles. The molecule has 0 aliphatic heterocycles. The molecule has 12 heteroatoms. The van der Waals surface area contributed by atoms with Crippen molar-refractivity contribution >= 4 is 34.2 Å². The van der Waals surface area contributed by atoms with Gasteiger partial charge in [-0.2, -0.15) is 0 Å². The molecule has 5 aromatic rings. The van der Waals surface area contributed by atoms with Crippen molar-refractivity contribution in [2.45, 2.75) is 25.0 Å². The van der Waals surface area contributed by atoms with Crippen LogP contribution < -0.4 is 10.4 Å². The van der Waals surface area contributed by atoms with Gasteiger partial charge in [0.25, 0.3) is 0 Å². The van der Waals surface area contributed by atoms with Crippen molar-refractivity contribution in [2.75, 3.05) is 13.2 Å². The number of aliphatic hydroxyl groups excluding tert-OH is 2. The summed E-state index contributed by atoms with van der Waals surface area (Å²) in [6.07, 6.45) is -1.01. The number of aromatic amines is 2. The average molecular weight is 705 g/mol. The highest BCUT2D eigenvalue weighted by Crippen LogP contribution is 2.40. The number of nitrogens with one attached hydrogen (secondary N) is 2. The third-order valence-electron chi connectivity index (χ3n) is 6.92. The van der Waals surface area contributed by atoms with Gasteiger partial charge in [0.1, 0.15) is 52.7 Å². The van der Waals surface area contributed by atoms with E-state index in [1.165, 1.54) is 10.6 Å². The van der Waals surface area contributed by atoms with E-state index in [4.69, 9.17) is 21.4 Å². The van der Waals surface area contributed by atoms with Crippen molar-refractivity contribution in [2.24, 2.45) is 0 Å².